The fourth-order valence-electron chi connectivity index (χ4n) is 3.93. The number of carbonyl (C=O) groups is 2. The minimum absolute atomic E-state index is 0.0551. The van der Waals surface area contributed by atoms with Gasteiger partial charge >= 0.3 is 0 Å². The third kappa shape index (κ3) is 3.73. The van der Waals surface area contributed by atoms with Crippen LogP contribution in [0.25, 0.3) is 5.69 Å². The molecule has 0 aliphatic carbocycles. The Labute approximate surface area is 175 Å². The van der Waals surface area contributed by atoms with Gasteiger partial charge in [0.25, 0.3) is 11.8 Å². The molecule has 1 aliphatic rings. The summed E-state index contributed by atoms with van der Waals surface area (Å²) in [6.45, 7) is 5.73. The van der Waals surface area contributed by atoms with E-state index >= 15 is 0 Å². The molecule has 3 aromatic rings. The number of halogens is 1. The van der Waals surface area contributed by atoms with E-state index in [-0.39, 0.29) is 17.4 Å². The molecule has 5 nitrogen and oxygen atoms in total. The molecule has 2 aromatic carbocycles. The molecule has 1 aliphatic heterocycles. The Bertz CT molecular complexity index is 1060. The lowest BCUT2D eigenvalue weighted by molar-refractivity contribution is 0.0533. The number of carbonyl (C=O) groups excluding carboxylic acids is 2. The maximum absolute atomic E-state index is 13.9. The summed E-state index contributed by atoms with van der Waals surface area (Å²) < 4.78 is 16.0. The van der Waals surface area contributed by atoms with Crippen molar-refractivity contribution in [2.75, 3.05) is 26.2 Å². The van der Waals surface area contributed by atoms with E-state index in [1.54, 1.807) is 21.9 Å². The summed E-state index contributed by atoms with van der Waals surface area (Å²) in [5.74, 6) is -0.906. The molecule has 1 fully saturated rings. The van der Waals surface area contributed by atoms with E-state index in [1.807, 2.05) is 38.1 Å². The Morgan fingerprint density at radius 3 is 1.83 bits per heavy atom. The maximum atomic E-state index is 13.9. The van der Waals surface area contributed by atoms with Gasteiger partial charge in [0, 0.05) is 48.8 Å². The molecule has 0 N–H and O–H groups in total. The third-order valence-corrected chi connectivity index (χ3v) is 5.60. The number of hydrogen-bond acceptors (Lipinski definition) is 2. The van der Waals surface area contributed by atoms with Crippen molar-refractivity contribution in [1.29, 1.82) is 0 Å². The summed E-state index contributed by atoms with van der Waals surface area (Å²) in [7, 11) is 0. The number of nitrogens with zero attached hydrogens (tertiary/aromatic N) is 3. The predicted molar refractivity (Wildman–Crippen MR) is 113 cm³/mol. The second-order valence-electron chi connectivity index (χ2n) is 7.56. The molecule has 30 heavy (non-hydrogen) atoms. The molecule has 4 rings (SSSR count). The van der Waals surface area contributed by atoms with Gasteiger partial charge in [-0.2, -0.15) is 0 Å². The van der Waals surface area contributed by atoms with E-state index in [0.717, 1.165) is 17.1 Å². The molecular weight excluding hydrogens is 381 g/mol. The van der Waals surface area contributed by atoms with Gasteiger partial charge in [-0.15, -0.1) is 0 Å². The Balaban J connectivity index is 1.41. The Morgan fingerprint density at radius 2 is 1.27 bits per heavy atom. The lowest BCUT2D eigenvalue weighted by Gasteiger charge is -2.35. The molecule has 0 spiro atoms. The van der Waals surface area contributed by atoms with Gasteiger partial charge in [-0.3, -0.25) is 9.59 Å². The van der Waals surface area contributed by atoms with Crippen molar-refractivity contribution in [1.82, 2.24) is 14.4 Å². The minimum atomic E-state index is -0.519. The highest BCUT2D eigenvalue weighted by Crippen LogP contribution is 2.18. The van der Waals surface area contributed by atoms with E-state index in [9.17, 15) is 14.0 Å². The second-order valence-corrected chi connectivity index (χ2v) is 7.56. The standard InChI is InChI=1S/C24H24FN3O2/c1-17-7-8-18(2)28(17)20-11-9-19(10-12-20)23(29)26-13-15-27(16-14-26)24(30)21-5-3-4-6-22(21)25/h3-12H,13-16H2,1-2H3. The SMILES string of the molecule is Cc1ccc(C)n1-c1ccc(C(=O)N2CCN(C(=O)c3ccccc3F)CC2)cc1. The van der Waals surface area contributed by atoms with Crippen LogP contribution in [0.3, 0.4) is 0 Å². The number of piperazine rings is 1. The lowest BCUT2D eigenvalue weighted by atomic mass is 10.1. The molecule has 1 aromatic heterocycles. The van der Waals surface area contributed by atoms with Crippen molar-refractivity contribution in [3.63, 3.8) is 0 Å². The number of rotatable bonds is 3. The van der Waals surface area contributed by atoms with Crippen molar-refractivity contribution >= 4 is 11.8 Å². The fourth-order valence-corrected chi connectivity index (χ4v) is 3.93. The Morgan fingerprint density at radius 1 is 0.733 bits per heavy atom. The first-order valence-corrected chi connectivity index (χ1v) is 10.0. The van der Waals surface area contributed by atoms with Gasteiger partial charge in [-0.1, -0.05) is 12.1 Å². The number of hydrogen-bond donors (Lipinski definition) is 0. The molecule has 1 saturated heterocycles. The van der Waals surface area contributed by atoms with Crippen LogP contribution in [0, 0.1) is 19.7 Å². The van der Waals surface area contributed by atoms with Crippen LogP contribution >= 0.6 is 0 Å². The van der Waals surface area contributed by atoms with Crippen LogP contribution in [0.15, 0.2) is 60.7 Å². The van der Waals surface area contributed by atoms with Crippen LogP contribution in [0.5, 0.6) is 0 Å². The van der Waals surface area contributed by atoms with Crippen LogP contribution in [-0.2, 0) is 0 Å². The topological polar surface area (TPSA) is 45.6 Å². The molecule has 0 atom stereocenters. The van der Waals surface area contributed by atoms with Gasteiger partial charge in [0.1, 0.15) is 5.82 Å². The monoisotopic (exact) mass is 405 g/mol. The van der Waals surface area contributed by atoms with Gasteiger partial charge in [0.2, 0.25) is 0 Å². The summed E-state index contributed by atoms with van der Waals surface area (Å²) in [6.07, 6.45) is 0. The predicted octanol–water partition coefficient (Wildman–Crippen LogP) is 3.83. The van der Waals surface area contributed by atoms with Crippen LogP contribution in [-0.4, -0.2) is 52.4 Å². The van der Waals surface area contributed by atoms with E-state index in [0.29, 0.717) is 31.7 Å². The Hall–Kier alpha value is -3.41. The average Bonchev–Trinajstić information content (AvgIpc) is 3.11. The molecule has 0 saturated carbocycles. The summed E-state index contributed by atoms with van der Waals surface area (Å²) >= 11 is 0. The zero-order chi connectivity index (χ0) is 21.3. The lowest BCUT2D eigenvalue weighted by Crippen LogP contribution is -2.50. The summed E-state index contributed by atoms with van der Waals surface area (Å²) in [4.78, 5) is 28.8. The van der Waals surface area contributed by atoms with Gasteiger partial charge < -0.3 is 14.4 Å². The number of amides is 2. The number of aryl methyl sites for hydroxylation is 2. The minimum Gasteiger partial charge on any atom is -0.335 e. The molecular formula is C24H24FN3O2. The van der Waals surface area contributed by atoms with Gasteiger partial charge in [0.05, 0.1) is 5.56 Å². The molecule has 2 heterocycles. The molecule has 6 heteroatoms. The van der Waals surface area contributed by atoms with E-state index in [2.05, 4.69) is 16.7 Å². The first-order chi connectivity index (χ1) is 14.5. The molecule has 0 unspecified atom stereocenters. The van der Waals surface area contributed by atoms with Crippen LogP contribution in [0.4, 0.5) is 4.39 Å². The zero-order valence-corrected chi connectivity index (χ0v) is 17.1. The highest BCUT2D eigenvalue weighted by Gasteiger charge is 2.26. The highest BCUT2D eigenvalue weighted by atomic mass is 19.1. The van der Waals surface area contributed by atoms with Gasteiger partial charge in [0.15, 0.2) is 0 Å². The largest absolute Gasteiger partial charge is 0.335 e. The Kier molecular flexibility index (Phi) is 5.40. The first kappa shape index (κ1) is 19.9. The van der Waals surface area contributed by atoms with Crippen molar-refractivity contribution < 1.29 is 14.0 Å². The number of aromatic nitrogens is 1. The van der Waals surface area contributed by atoms with E-state index < -0.39 is 5.82 Å². The van der Waals surface area contributed by atoms with Crippen molar-refractivity contribution in [3.8, 4) is 5.69 Å². The first-order valence-electron chi connectivity index (χ1n) is 10.0. The van der Waals surface area contributed by atoms with Crippen LogP contribution in [0.2, 0.25) is 0 Å². The maximum Gasteiger partial charge on any atom is 0.256 e. The summed E-state index contributed by atoms with van der Waals surface area (Å²) in [6, 6.07) is 17.7. The zero-order valence-electron chi connectivity index (χ0n) is 17.1. The second kappa shape index (κ2) is 8.14. The van der Waals surface area contributed by atoms with Crippen molar-refractivity contribution in [2.24, 2.45) is 0 Å². The molecule has 2 amide bonds. The number of benzene rings is 2. The normalized spacial score (nSPS) is 14.1. The third-order valence-electron chi connectivity index (χ3n) is 5.60. The highest BCUT2D eigenvalue weighted by molar-refractivity contribution is 5.96. The summed E-state index contributed by atoms with van der Waals surface area (Å²) in [5.41, 5.74) is 4.00. The van der Waals surface area contributed by atoms with Gasteiger partial charge in [-0.05, 0) is 62.4 Å². The van der Waals surface area contributed by atoms with Crippen molar-refractivity contribution in [2.45, 2.75) is 13.8 Å². The molecule has 154 valence electrons. The van der Waals surface area contributed by atoms with Crippen LogP contribution < -0.4 is 0 Å². The molecule has 0 radical (unpaired) electrons. The van der Waals surface area contributed by atoms with E-state index in [4.69, 9.17) is 0 Å². The average molecular weight is 405 g/mol. The van der Waals surface area contributed by atoms with Crippen LogP contribution in [0.1, 0.15) is 32.1 Å². The summed E-state index contributed by atoms with van der Waals surface area (Å²) in [5, 5.41) is 0. The van der Waals surface area contributed by atoms with Gasteiger partial charge in [-0.25, -0.2) is 4.39 Å². The quantitative estimate of drug-likeness (QED) is 0.665. The smallest absolute Gasteiger partial charge is 0.256 e. The van der Waals surface area contributed by atoms with E-state index in [1.165, 1.54) is 12.1 Å². The molecule has 0 bridgehead atoms. The van der Waals surface area contributed by atoms with Crippen molar-refractivity contribution in [3.05, 3.63) is 89.0 Å². The fraction of sp³-hybridized carbons (Fsp3) is 0.250.